The van der Waals surface area contributed by atoms with Crippen molar-refractivity contribution in [1.29, 1.82) is 0 Å². The van der Waals surface area contributed by atoms with E-state index in [-0.39, 0.29) is 17.9 Å². The molecule has 0 unspecified atom stereocenters. The third-order valence-electron chi connectivity index (χ3n) is 1.32. The first-order valence-electron chi connectivity index (χ1n) is 3.22. The van der Waals surface area contributed by atoms with Gasteiger partial charge in [0, 0.05) is 11.6 Å². The number of aliphatic carboxylic acids is 1. The minimum absolute atomic E-state index is 0.196. The van der Waals surface area contributed by atoms with Crippen molar-refractivity contribution in [2.75, 3.05) is 0 Å². The van der Waals surface area contributed by atoms with E-state index in [1.54, 1.807) is 0 Å². The van der Waals surface area contributed by atoms with E-state index in [0.717, 1.165) is 6.07 Å². The Morgan fingerprint density at radius 3 is 2.67 bits per heavy atom. The topological polar surface area (TPSA) is 90.4 Å². The van der Waals surface area contributed by atoms with Crippen LogP contribution in [0.1, 0.15) is 5.56 Å². The predicted octanol–water partition coefficient (Wildman–Crippen LogP) is -0.292. The van der Waals surface area contributed by atoms with E-state index in [4.69, 9.17) is 10.2 Å². The molecule has 5 nitrogen and oxygen atoms in total. The maximum atomic E-state index is 10.6. The van der Waals surface area contributed by atoms with Gasteiger partial charge in [0.15, 0.2) is 5.88 Å². The van der Waals surface area contributed by atoms with Crippen LogP contribution in [0, 0.1) is 0 Å². The van der Waals surface area contributed by atoms with E-state index in [9.17, 15) is 9.59 Å². The lowest BCUT2D eigenvalue weighted by Gasteiger charge is -1.98. The van der Waals surface area contributed by atoms with Crippen molar-refractivity contribution in [3.8, 4) is 5.88 Å². The fourth-order valence-electron chi connectivity index (χ4n) is 0.799. The van der Waals surface area contributed by atoms with Crippen LogP contribution in [0.5, 0.6) is 5.88 Å². The van der Waals surface area contributed by atoms with Crippen molar-refractivity contribution in [3.05, 3.63) is 28.0 Å². The van der Waals surface area contributed by atoms with Gasteiger partial charge in [-0.15, -0.1) is 0 Å². The highest BCUT2D eigenvalue weighted by molar-refractivity contribution is 5.70. The van der Waals surface area contributed by atoms with E-state index in [1.807, 2.05) is 0 Å². The lowest BCUT2D eigenvalue weighted by molar-refractivity contribution is -0.136. The SMILES string of the molecule is O=C(O)Cc1ccc(=O)[nH]c1O. The van der Waals surface area contributed by atoms with Gasteiger partial charge in [0.2, 0.25) is 0 Å². The lowest BCUT2D eigenvalue weighted by atomic mass is 10.2. The summed E-state index contributed by atoms with van der Waals surface area (Å²) in [5.74, 6) is -1.44. The minimum Gasteiger partial charge on any atom is -0.494 e. The largest absolute Gasteiger partial charge is 0.494 e. The molecule has 0 aliphatic rings. The molecule has 0 saturated heterocycles. The second-order valence-corrected chi connectivity index (χ2v) is 2.27. The number of pyridine rings is 1. The van der Waals surface area contributed by atoms with Gasteiger partial charge in [-0.25, -0.2) is 0 Å². The summed E-state index contributed by atoms with van der Waals surface area (Å²) in [6, 6.07) is 2.44. The Labute approximate surface area is 67.3 Å². The van der Waals surface area contributed by atoms with Gasteiger partial charge in [0.1, 0.15) is 0 Å². The molecule has 1 rings (SSSR count). The number of rotatable bonds is 2. The third-order valence-corrected chi connectivity index (χ3v) is 1.32. The Kier molecular flexibility index (Phi) is 2.14. The van der Waals surface area contributed by atoms with Crippen molar-refractivity contribution in [1.82, 2.24) is 4.98 Å². The smallest absolute Gasteiger partial charge is 0.308 e. The maximum absolute atomic E-state index is 10.6. The summed E-state index contributed by atoms with van der Waals surface area (Å²) < 4.78 is 0. The average Bonchev–Trinajstić information content (AvgIpc) is 1.94. The minimum atomic E-state index is -1.06. The van der Waals surface area contributed by atoms with Gasteiger partial charge in [0.05, 0.1) is 6.42 Å². The first-order valence-corrected chi connectivity index (χ1v) is 3.22. The molecular weight excluding hydrogens is 162 g/mol. The van der Waals surface area contributed by atoms with E-state index >= 15 is 0 Å². The molecule has 1 heterocycles. The van der Waals surface area contributed by atoms with Crippen molar-refractivity contribution < 1.29 is 15.0 Å². The van der Waals surface area contributed by atoms with Crippen LogP contribution in [-0.2, 0) is 11.2 Å². The Morgan fingerprint density at radius 2 is 2.17 bits per heavy atom. The Hall–Kier alpha value is -1.78. The second-order valence-electron chi connectivity index (χ2n) is 2.27. The molecule has 0 aliphatic heterocycles. The molecule has 3 N–H and O–H groups in total. The van der Waals surface area contributed by atoms with Crippen molar-refractivity contribution in [2.45, 2.75) is 6.42 Å². The van der Waals surface area contributed by atoms with Crippen molar-refractivity contribution in [3.63, 3.8) is 0 Å². The summed E-state index contributed by atoms with van der Waals surface area (Å²) in [5.41, 5.74) is -0.260. The first-order chi connectivity index (χ1) is 5.59. The van der Waals surface area contributed by atoms with Crippen LogP contribution in [0.3, 0.4) is 0 Å². The highest BCUT2D eigenvalue weighted by atomic mass is 16.4. The Balaban J connectivity index is 3.01. The maximum Gasteiger partial charge on any atom is 0.308 e. The summed E-state index contributed by atoms with van der Waals surface area (Å²) in [5, 5.41) is 17.4. The van der Waals surface area contributed by atoms with Crippen LogP contribution in [0.4, 0.5) is 0 Å². The van der Waals surface area contributed by atoms with E-state index in [1.165, 1.54) is 6.07 Å². The third kappa shape index (κ3) is 1.85. The van der Waals surface area contributed by atoms with Gasteiger partial charge < -0.3 is 10.2 Å². The van der Waals surface area contributed by atoms with Gasteiger partial charge in [-0.1, -0.05) is 0 Å². The summed E-state index contributed by atoms with van der Waals surface area (Å²) >= 11 is 0. The number of carbonyl (C=O) groups is 1. The van der Waals surface area contributed by atoms with Crippen LogP contribution in [0.2, 0.25) is 0 Å². The molecule has 0 amide bonds. The summed E-state index contributed by atoms with van der Waals surface area (Å²) in [6.45, 7) is 0. The quantitative estimate of drug-likeness (QED) is 0.567. The summed E-state index contributed by atoms with van der Waals surface area (Å²) in [6.07, 6.45) is -0.303. The molecule has 0 bridgehead atoms. The Morgan fingerprint density at radius 1 is 1.50 bits per heavy atom. The van der Waals surface area contributed by atoms with Gasteiger partial charge in [-0.3, -0.25) is 14.6 Å². The number of hydrogen-bond acceptors (Lipinski definition) is 3. The standard InChI is InChI=1S/C7H7NO4/c9-5-2-1-4(3-6(10)11)7(12)8-5/h1-2H,3H2,(H,10,11)(H2,8,9,12). The number of aromatic hydroxyl groups is 1. The summed E-state index contributed by atoms with van der Waals surface area (Å²) in [7, 11) is 0. The van der Waals surface area contributed by atoms with Crippen LogP contribution in [0.15, 0.2) is 16.9 Å². The van der Waals surface area contributed by atoms with E-state index in [0.29, 0.717) is 0 Å². The number of aromatic nitrogens is 1. The van der Waals surface area contributed by atoms with Gasteiger partial charge in [-0.05, 0) is 6.07 Å². The zero-order valence-electron chi connectivity index (χ0n) is 6.07. The fourth-order valence-corrected chi connectivity index (χ4v) is 0.799. The molecule has 0 atom stereocenters. The summed E-state index contributed by atoms with van der Waals surface area (Å²) in [4.78, 5) is 22.8. The molecule has 0 spiro atoms. The average molecular weight is 169 g/mol. The van der Waals surface area contributed by atoms with Gasteiger partial charge >= 0.3 is 5.97 Å². The number of carboxylic acid groups (broad SMARTS) is 1. The highest BCUT2D eigenvalue weighted by Crippen LogP contribution is 2.09. The molecule has 5 heteroatoms. The second kappa shape index (κ2) is 3.08. The molecule has 64 valence electrons. The molecule has 0 aliphatic carbocycles. The van der Waals surface area contributed by atoms with Gasteiger partial charge in [-0.2, -0.15) is 0 Å². The van der Waals surface area contributed by atoms with Gasteiger partial charge in [0.25, 0.3) is 5.56 Å². The number of nitrogens with one attached hydrogen (secondary N) is 1. The molecule has 1 aromatic rings. The molecule has 12 heavy (non-hydrogen) atoms. The number of aromatic amines is 1. The van der Waals surface area contributed by atoms with Crippen LogP contribution < -0.4 is 5.56 Å². The fraction of sp³-hybridized carbons (Fsp3) is 0.143. The Bertz CT molecular complexity index is 355. The first kappa shape index (κ1) is 8.32. The number of H-pyrrole nitrogens is 1. The van der Waals surface area contributed by atoms with E-state index < -0.39 is 11.5 Å². The van der Waals surface area contributed by atoms with Crippen molar-refractivity contribution in [2.24, 2.45) is 0 Å². The van der Waals surface area contributed by atoms with Crippen molar-refractivity contribution >= 4 is 5.97 Å². The molecular formula is C7H7NO4. The molecule has 0 fully saturated rings. The zero-order chi connectivity index (χ0) is 9.14. The normalized spacial score (nSPS) is 9.67. The van der Waals surface area contributed by atoms with Crippen LogP contribution >= 0.6 is 0 Å². The van der Waals surface area contributed by atoms with Crippen LogP contribution in [-0.4, -0.2) is 21.2 Å². The number of carboxylic acids is 1. The molecule has 1 aromatic heterocycles. The lowest BCUT2D eigenvalue weighted by Crippen LogP contribution is -2.07. The molecule has 0 aromatic carbocycles. The zero-order valence-corrected chi connectivity index (χ0v) is 6.07. The number of hydrogen-bond donors (Lipinski definition) is 3. The molecule has 0 radical (unpaired) electrons. The van der Waals surface area contributed by atoms with Crippen LogP contribution in [0.25, 0.3) is 0 Å². The predicted molar refractivity (Wildman–Crippen MR) is 40.1 cm³/mol. The monoisotopic (exact) mass is 169 g/mol. The van der Waals surface area contributed by atoms with E-state index in [2.05, 4.69) is 4.98 Å². The highest BCUT2D eigenvalue weighted by Gasteiger charge is 2.05. The molecule has 0 saturated carbocycles.